The first-order valence-electron chi connectivity index (χ1n) is 10.6. The lowest BCUT2D eigenvalue weighted by atomic mass is 10.2. The van der Waals surface area contributed by atoms with Crippen LogP contribution in [0.25, 0.3) is 0 Å². The second-order valence-corrected chi connectivity index (χ2v) is 7.66. The molecule has 1 N–H and O–H groups in total. The van der Waals surface area contributed by atoms with Crippen LogP contribution in [0.1, 0.15) is 12.5 Å². The molecule has 2 heterocycles. The summed E-state index contributed by atoms with van der Waals surface area (Å²) >= 11 is 0. The molecule has 0 spiro atoms. The summed E-state index contributed by atoms with van der Waals surface area (Å²) in [7, 11) is 0. The Morgan fingerprint density at radius 3 is 2.39 bits per heavy atom. The number of rotatable bonds is 6. The van der Waals surface area contributed by atoms with Gasteiger partial charge in [-0.2, -0.15) is 0 Å². The van der Waals surface area contributed by atoms with Gasteiger partial charge >= 0.3 is 18.5 Å². The predicted molar refractivity (Wildman–Crippen MR) is 121 cm³/mol. The van der Waals surface area contributed by atoms with Crippen molar-refractivity contribution in [3.05, 3.63) is 78.6 Å². The number of pyridine rings is 1. The summed E-state index contributed by atoms with van der Waals surface area (Å²) in [5.74, 6) is -0.710. The molecule has 0 aliphatic carbocycles. The van der Waals surface area contributed by atoms with Crippen molar-refractivity contribution in [1.29, 1.82) is 0 Å². The average Bonchev–Trinajstić information content (AvgIpc) is 3.03. The molecule has 3 aromatic rings. The number of hydrogen-bond donors (Lipinski definition) is 1. The molecule has 1 atom stereocenters. The zero-order valence-corrected chi connectivity index (χ0v) is 18.7. The van der Waals surface area contributed by atoms with E-state index in [0.717, 1.165) is 17.0 Å². The van der Waals surface area contributed by atoms with E-state index in [1.165, 1.54) is 36.4 Å². The number of aromatic nitrogens is 1. The smallest absolute Gasteiger partial charge is 0.410 e. The minimum absolute atomic E-state index is 0.0546. The van der Waals surface area contributed by atoms with Gasteiger partial charge in [0.1, 0.15) is 17.5 Å². The van der Waals surface area contributed by atoms with Crippen molar-refractivity contribution in [1.82, 2.24) is 9.88 Å². The highest BCUT2D eigenvalue weighted by Crippen LogP contribution is 2.30. The van der Waals surface area contributed by atoms with Gasteiger partial charge in [-0.25, -0.2) is 14.5 Å². The second kappa shape index (κ2) is 9.94. The first kappa shape index (κ1) is 24.5. The molecule has 0 radical (unpaired) electrons. The number of carbonyl (C=O) groups is 3. The van der Waals surface area contributed by atoms with Gasteiger partial charge in [-0.05, 0) is 55.0 Å². The standard InChI is InChI=1S/C24H19F3N4O5/c1-15-21(32)31(17-7-9-19(10-8-17)36-24(25,26)27)23(34)30(15)14-16-11-12-28-13-20(16)29-22(33)35-18-5-3-2-4-6-18/h2-13,15H,14H2,1H3,(H,29,33). The van der Waals surface area contributed by atoms with Crippen molar-refractivity contribution in [2.75, 3.05) is 10.2 Å². The van der Waals surface area contributed by atoms with Gasteiger partial charge in [-0.3, -0.25) is 15.1 Å². The van der Waals surface area contributed by atoms with Gasteiger partial charge in [0.25, 0.3) is 5.91 Å². The highest BCUT2D eigenvalue weighted by atomic mass is 19.4. The number of nitrogens with one attached hydrogen (secondary N) is 1. The van der Waals surface area contributed by atoms with Crippen molar-refractivity contribution in [2.24, 2.45) is 0 Å². The summed E-state index contributed by atoms with van der Waals surface area (Å²) in [6.07, 6.45) is -2.79. The van der Waals surface area contributed by atoms with Gasteiger partial charge in [0.15, 0.2) is 0 Å². The zero-order valence-electron chi connectivity index (χ0n) is 18.7. The number of carbonyl (C=O) groups excluding carboxylic acids is 3. The minimum Gasteiger partial charge on any atom is -0.410 e. The molecule has 4 amide bonds. The number of alkyl halides is 3. The van der Waals surface area contributed by atoms with Crippen LogP contribution < -0.4 is 19.7 Å². The van der Waals surface area contributed by atoms with E-state index in [1.54, 1.807) is 36.4 Å². The SMILES string of the molecule is CC1C(=O)N(c2ccc(OC(F)(F)F)cc2)C(=O)N1Cc1ccncc1NC(=O)Oc1ccccc1. The number of amides is 4. The van der Waals surface area contributed by atoms with Gasteiger partial charge in [-0.1, -0.05) is 18.2 Å². The van der Waals surface area contributed by atoms with Crippen LogP contribution in [0.15, 0.2) is 73.1 Å². The number of imide groups is 1. The Hall–Kier alpha value is -4.61. The van der Waals surface area contributed by atoms with Crippen molar-refractivity contribution in [3.8, 4) is 11.5 Å². The highest BCUT2D eigenvalue weighted by Gasteiger charge is 2.43. The van der Waals surface area contributed by atoms with E-state index in [0.29, 0.717) is 11.3 Å². The van der Waals surface area contributed by atoms with Crippen molar-refractivity contribution >= 4 is 29.4 Å². The Morgan fingerprint density at radius 2 is 1.72 bits per heavy atom. The van der Waals surface area contributed by atoms with Crippen LogP contribution in [0.2, 0.25) is 0 Å². The van der Waals surface area contributed by atoms with E-state index in [1.807, 2.05) is 0 Å². The molecule has 0 saturated carbocycles. The molecule has 1 fully saturated rings. The normalized spacial score (nSPS) is 15.7. The molecule has 36 heavy (non-hydrogen) atoms. The van der Waals surface area contributed by atoms with E-state index in [2.05, 4.69) is 15.0 Å². The molecule has 9 nitrogen and oxygen atoms in total. The Bertz CT molecular complexity index is 1270. The molecule has 4 rings (SSSR count). The number of benzene rings is 2. The van der Waals surface area contributed by atoms with Crippen LogP contribution in [0, 0.1) is 0 Å². The van der Waals surface area contributed by atoms with Crippen LogP contribution in [0.5, 0.6) is 11.5 Å². The number of anilines is 2. The Kier molecular flexibility index (Phi) is 6.77. The van der Waals surface area contributed by atoms with Crippen LogP contribution >= 0.6 is 0 Å². The number of urea groups is 1. The van der Waals surface area contributed by atoms with E-state index in [9.17, 15) is 27.6 Å². The maximum Gasteiger partial charge on any atom is 0.573 e. The second-order valence-electron chi connectivity index (χ2n) is 7.66. The molecule has 1 unspecified atom stereocenters. The lowest BCUT2D eigenvalue weighted by Gasteiger charge is -2.21. The van der Waals surface area contributed by atoms with Gasteiger partial charge in [-0.15, -0.1) is 13.2 Å². The highest BCUT2D eigenvalue weighted by molar-refractivity contribution is 6.21. The number of halogens is 3. The molecule has 0 bridgehead atoms. The molecule has 1 aliphatic heterocycles. The third-order valence-electron chi connectivity index (χ3n) is 5.25. The van der Waals surface area contributed by atoms with E-state index < -0.39 is 36.2 Å². The molecule has 1 saturated heterocycles. The van der Waals surface area contributed by atoms with Crippen molar-refractivity contribution in [2.45, 2.75) is 25.9 Å². The van der Waals surface area contributed by atoms with Gasteiger partial charge in [0, 0.05) is 6.20 Å². The zero-order chi connectivity index (χ0) is 25.9. The van der Waals surface area contributed by atoms with Gasteiger partial charge in [0.2, 0.25) is 0 Å². The van der Waals surface area contributed by atoms with Crippen LogP contribution in [-0.4, -0.2) is 40.3 Å². The van der Waals surface area contributed by atoms with E-state index in [-0.39, 0.29) is 17.9 Å². The maximum atomic E-state index is 13.1. The number of nitrogens with zero attached hydrogens (tertiary/aromatic N) is 3. The largest absolute Gasteiger partial charge is 0.573 e. The van der Waals surface area contributed by atoms with Crippen molar-refractivity contribution in [3.63, 3.8) is 0 Å². The third-order valence-corrected chi connectivity index (χ3v) is 5.25. The molecular formula is C24H19F3N4O5. The lowest BCUT2D eigenvalue weighted by molar-refractivity contribution is -0.274. The fourth-order valence-electron chi connectivity index (χ4n) is 3.54. The number of para-hydroxylation sites is 1. The fraction of sp³-hybridized carbons (Fsp3) is 0.167. The summed E-state index contributed by atoms with van der Waals surface area (Å²) in [5, 5.41) is 2.58. The fourth-order valence-corrected chi connectivity index (χ4v) is 3.54. The summed E-state index contributed by atoms with van der Waals surface area (Å²) in [6, 6.07) is 12.8. The summed E-state index contributed by atoms with van der Waals surface area (Å²) in [6.45, 7) is 1.47. The minimum atomic E-state index is -4.87. The maximum absolute atomic E-state index is 13.1. The Balaban J connectivity index is 1.49. The van der Waals surface area contributed by atoms with E-state index in [4.69, 9.17) is 4.74 Å². The topological polar surface area (TPSA) is 101 Å². The first-order valence-corrected chi connectivity index (χ1v) is 10.6. The monoisotopic (exact) mass is 500 g/mol. The van der Waals surface area contributed by atoms with Crippen LogP contribution in [-0.2, 0) is 11.3 Å². The lowest BCUT2D eigenvalue weighted by Crippen LogP contribution is -2.34. The predicted octanol–water partition coefficient (Wildman–Crippen LogP) is 4.95. The molecule has 2 aromatic carbocycles. The first-order chi connectivity index (χ1) is 17.1. The van der Waals surface area contributed by atoms with Crippen LogP contribution in [0.3, 0.4) is 0 Å². The summed E-state index contributed by atoms with van der Waals surface area (Å²) < 4.78 is 46.3. The van der Waals surface area contributed by atoms with E-state index >= 15 is 0 Å². The number of hydrogen-bond acceptors (Lipinski definition) is 6. The Labute approximate surface area is 203 Å². The average molecular weight is 500 g/mol. The van der Waals surface area contributed by atoms with Crippen LogP contribution in [0.4, 0.5) is 34.1 Å². The third kappa shape index (κ3) is 5.54. The molecule has 12 heteroatoms. The Morgan fingerprint density at radius 1 is 1.03 bits per heavy atom. The van der Waals surface area contributed by atoms with Gasteiger partial charge < -0.3 is 14.4 Å². The van der Waals surface area contributed by atoms with Gasteiger partial charge in [0.05, 0.1) is 24.1 Å². The molecule has 186 valence electrons. The molecule has 1 aromatic heterocycles. The molecule has 1 aliphatic rings. The summed E-state index contributed by atoms with van der Waals surface area (Å²) in [4.78, 5) is 44.4. The quantitative estimate of drug-likeness (QED) is 0.481. The molecular weight excluding hydrogens is 481 g/mol. The van der Waals surface area contributed by atoms with Crippen molar-refractivity contribution < 1.29 is 37.0 Å². The summed E-state index contributed by atoms with van der Waals surface area (Å²) in [5.41, 5.74) is 0.852. The number of ether oxygens (including phenoxy) is 2.